The van der Waals surface area contributed by atoms with Crippen LogP contribution in [-0.2, 0) is 4.74 Å². The van der Waals surface area contributed by atoms with Gasteiger partial charge in [0.25, 0.3) is 0 Å². The molecule has 0 spiro atoms. The summed E-state index contributed by atoms with van der Waals surface area (Å²) in [6.45, 7) is 1.56. The van der Waals surface area contributed by atoms with Crippen molar-refractivity contribution < 1.29 is 9.15 Å². The van der Waals surface area contributed by atoms with Gasteiger partial charge >= 0.3 is 0 Å². The van der Waals surface area contributed by atoms with Crippen molar-refractivity contribution in [1.29, 1.82) is 0 Å². The SMILES string of the molecule is NNC(c1cc2cccc(Cl)c2o1)C1CCOCC1. The monoisotopic (exact) mass is 280 g/mol. The number of nitrogens with two attached hydrogens (primary N) is 1. The highest BCUT2D eigenvalue weighted by molar-refractivity contribution is 6.34. The van der Waals surface area contributed by atoms with Crippen LogP contribution >= 0.6 is 11.6 Å². The van der Waals surface area contributed by atoms with Gasteiger partial charge < -0.3 is 9.15 Å². The van der Waals surface area contributed by atoms with Gasteiger partial charge in [-0.15, -0.1) is 0 Å². The summed E-state index contributed by atoms with van der Waals surface area (Å²) < 4.78 is 11.3. The Kier molecular flexibility index (Phi) is 3.75. The van der Waals surface area contributed by atoms with E-state index >= 15 is 0 Å². The molecular weight excluding hydrogens is 264 g/mol. The molecule has 0 saturated carbocycles. The normalized spacial score (nSPS) is 18.8. The molecule has 5 heteroatoms. The van der Waals surface area contributed by atoms with E-state index in [1.807, 2.05) is 24.3 Å². The van der Waals surface area contributed by atoms with Gasteiger partial charge in [-0.25, -0.2) is 5.43 Å². The molecule has 0 bridgehead atoms. The molecule has 1 atom stereocenters. The number of hydrazine groups is 1. The highest BCUT2D eigenvalue weighted by Gasteiger charge is 2.27. The molecule has 0 aliphatic carbocycles. The number of rotatable bonds is 3. The molecule has 1 aromatic heterocycles. The number of fused-ring (bicyclic) bond motifs is 1. The summed E-state index contributed by atoms with van der Waals surface area (Å²) in [4.78, 5) is 0. The van der Waals surface area contributed by atoms with E-state index in [0.29, 0.717) is 10.9 Å². The topological polar surface area (TPSA) is 60.4 Å². The molecule has 1 aromatic carbocycles. The van der Waals surface area contributed by atoms with Gasteiger partial charge in [0, 0.05) is 18.6 Å². The number of halogens is 1. The van der Waals surface area contributed by atoms with Crippen molar-refractivity contribution in [2.24, 2.45) is 11.8 Å². The Labute approximate surface area is 116 Å². The first kappa shape index (κ1) is 12.9. The third-order valence-electron chi connectivity index (χ3n) is 3.74. The van der Waals surface area contributed by atoms with Crippen LogP contribution in [0.5, 0.6) is 0 Å². The van der Waals surface area contributed by atoms with E-state index in [9.17, 15) is 0 Å². The summed E-state index contributed by atoms with van der Waals surface area (Å²) in [5.41, 5.74) is 3.60. The van der Waals surface area contributed by atoms with Crippen LogP contribution < -0.4 is 11.3 Å². The maximum Gasteiger partial charge on any atom is 0.152 e. The first-order valence-corrected chi connectivity index (χ1v) is 6.89. The average Bonchev–Trinajstić information content (AvgIpc) is 2.86. The first-order chi connectivity index (χ1) is 9.29. The standard InChI is InChI=1S/C14H17ClN2O2/c15-11-3-1-2-10-8-12(19-14(10)11)13(17-16)9-4-6-18-7-5-9/h1-3,8-9,13,17H,4-7,16H2. The average molecular weight is 281 g/mol. The van der Waals surface area contributed by atoms with Crippen molar-refractivity contribution in [3.05, 3.63) is 35.0 Å². The summed E-state index contributed by atoms with van der Waals surface area (Å²) in [6.07, 6.45) is 1.97. The lowest BCUT2D eigenvalue weighted by Gasteiger charge is -2.28. The molecule has 102 valence electrons. The summed E-state index contributed by atoms with van der Waals surface area (Å²) in [5, 5.41) is 1.64. The fourth-order valence-electron chi connectivity index (χ4n) is 2.70. The van der Waals surface area contributed by atoms with Crippen LogP contribution in [0.1, 0.15) is 24.6 Å². The number of hydrogen-bond acceptors (Lipinski definition) is 4. The number of furan rings is 1. The second-order valence-corrected chi connectivity index (χ2v) is 5.31. The fraction of sp³-hybridized carbons (Fsp3) is 0.429. The Balaban J connectivity index is 1.94. The summed E-state index contributed by atoms with van der Waals surface area (Å²) in [5.74, 6) is 6.99. The van der Waals surface area contributed by atoms with E-state index in [1.165, 1.54) is 0 Å². The van der Waals surface area contributed by atoms with E-state index < -0.39 is 0 Å². The van der Waals surface area contributed by atoms with E-state index in [4.69, 9.17) is 26.6 Å². The van der Waals surface area contributed by atoms with Gasteiger partial charge in [-0.05, 0) is 30.9 Å². The molecule has 3 rings (SSSR count). The second-order valence-electron chi connectivity index (χ2n) is 4.90. The molecule has 4 nitrogen and oxygen atoms in total. The van der Waals surface area contributed by atoms with Gasteiger partial charge in [0.05, 0.1) is 11.1 Å². The van der Waals surface area contributed by atoms with Crippen molar-refractivity contribution in [1.82, 2.24) is 5.43 Å². The van der Waals surface area contributed by atoms with Crippen LogP contribution in [-0.4, -0.2) is 13.2 Å². The van der Waals surface area contributed by atoms with Crippen LogP contribution in [0, 0.1) is 5.92 Å². The maximum atomic E-state index is 6.14. The van der Waals surface area contributed by atoms with Crippen molar-refractivity contribution in [2.75, 3.05) is 13.2 Å². The smallest absolute Gasteiger partial charge is 0.152 e. The summed E-state index contributed by atoms with van der Waals surface area (Å²) in [7, 11) is 0. The maximum absolute atomic E-state index is 6.14. The zero-order valence-electron chi connectivity index (χ0n) is 10.6. The van der Waals surface area contributed by atoms with Crippen LogP contribution in [0.3, 0.4) is 0 Å². The molecule has 1 unspecified atom stereocenters. The Bertz CT molecular complexity index is 564. The zero-order chi connectivity index (χ0) is 13.2. The summed E-state index contributed by atoms with van der Waals surface area (Å²) >= 11 is 6.14. The van der Waals surface area contributed by atoms with Gasteiger partial charge in [-0.2, -0.15) is 0 Å². The number of para-hydroxylation sites is 1. The van der Waals surface area contributed by atoms with Crippen LogP contribution in [0.25, 0.3) is 11.0 Å². The Morgan fingerprint density at radius 1 is 1.32 bits per heavy atom. The van der Waals surface area contributed by atoms with Crippen LogP contribution in [0.2, 0.25) is 5.02 Å². The predicted octanol–water partition coefficient (Wildman–Crippen LogP) is 3.02. The molecule has 3 N–H and O–H groups in total. The first-order valence-electron chi connectivity index (χ1n) is 6.51. The van der Waals surface area contributed by atoms with Crippen LogP contribution in [0.4, 0.5) is 0 Å². The van der Waals surface area contributed by atoms with E-state index in [0.717, 1.165) is 42.8 Å². The number of nitrogens with one attached hydrogen (secondary N) is 1. The van der Waals surface area contributed by atoms with E-state index in [2.05, 4.69) is 5.43 Å². The van der Waals surface area contributed by atoms with Gasteiger partial charge in [-0.3, -0.25) is 5.84 Å². The third-order valence-corrected chi connectivity index (χ3v) is 4.04. The Morgan fingerprint density at radius 3 is 2.79 bits per heavy atom. The zero-order valence-corrected chi connectivity index (χ0v) is 11.3. The predicted molar refractivity (Wildman–Crippen MR) is 74.8 cm³/mol. The largest absolute Gasteiger partial charge is 0.458 e. The fourth-order valence-corrected chi connectivity index (χ4v) is 2.92. The highest BCUT2D eigenvalue weighted by atomic mass is 35.5. The molecule has 1 aliphatic heterocycles. The van der Waals surface area contributed by atoms with E-state index in [-0.39, 0.29) is 6.04 Å². The van der Waals surface area contributed by atoms with Gasteiger partial charge in [-0.1, -0.05) is 23.7 Å². The molecule has 2 heterocycles. The Hall–Kier alpha value is -1.07. The van der Waals surface area contributed by atoms with Crippen molar-refractivity contribution in [3.8, 4) is 0 Å². The van der Waals surface area contributed by atoms with E-state index in [1.54, 1.807) is 0 Å². The third kappa shape index (κ3) is 2.49. The minimum atomic E-state index is 0.00682. The van der Waals surface area contributed by atoms with Gasteiger partial charge in [0.15, 0.2) is 5.58 Å². The summed E-state index contributed by atoms with van der Waals surface area (Å²) in [6, 6.07) is 7.76. The Morgan fingerprint density at radius 2 is 2.11 bits per heavy atom. The minimum absolute atomic E-state index is 0.00682. The van der Waals surface area contributed by atoms with Crippen molar-refractivity contribution in [3.63, 3.8) is 0 Å². The molecule has 2 aromatic rings. The second kappa shape index (κ2) is 5.51. The molecule has 0 amide bonds. The molecular formula is C14H17ClN2O2. The number of ether oxygens (including phenoxy) is 1. The van der Waals surface area contributed by atoms with Gasteiger partial charge in [0.2, 0.25) is 0 Å². The molecule has 0 radical (unpaired) electrons. The van der Waals surface area contributed by atoms with Gasteiger partial charge in [0.1, 0.15) is 5.76 Å². The highest BCUT2D eigenvalue weighted by Crippen LogP contribution is 2.34. The molecule has 1 aliphatic rings. The minimum Gasteiger partial charge on any atom is -0.458 e. The number of hydrogen-bond donors (Lipinski definition) is 2. The van der Waals surface area contributed by atoms with Crippen LogP contribution in [0.15, 0.2) is 28.7 Å². The lowest BCUT2D eigenvalue weighted by molar-refractivity contribution is 0.0509. The molecule has 19 heavy (non-hydrogen) atoms. The molecule has 1 fully saturated rings. The van der Waals surface area contributed by atoms with Crippen molar-refractivity contribution in [2.45, 2.75) is 18.9 Å². The lowest BCUT2D eigenvalue weighted by Crippen LogP contribution is -2.35. The lowest BCUT2D eigenvalue weighted by atomic mass is 9.90. The quantitative estimate of drug-likeness (QED) is 0.670. The number of benzene rings is 1. The van der Waals surface area contributed by atoms with Crippen molar-refractivity contribution >= 4 is 22.6 Å². The molecule has 1 saturated heterocycles.